The van der Waals surface area contributed by atoms with Crippen LogP contribution in [0.25, 0.3) is 0 Å². The summed E-state index contributed by atoms with van der Waals surface area (Å²) in [6, 6.07) is 4.48. The van der Waals surface area contributed by atoms with Gasteiger partial charge >= 0.3 is 0 Å². The molecule has 2 nitrogen and oxygen atoms in total. The second kappa shape index (κ2) is 4.09. The lowest BCUT2D eigenvalue weighted by Crippen LogP contribution is -2.27. The minimum absolute atomic E-state index is 0.0129. The molecule has 1 N–H and O–H groups in total. The van der Waals surface area contributed by atoms with Gasteiger partial charge in [-0.3, -0.25) is 4.79 Å². The summed E-state index contributed by atoms with van der Waals surface area (Å²) in [5.74, 6) is 0.101. The number of hydrogen-bond acceptors (Lipinski definition) is 1. The highest BCUT2D eigenvalue weighted by atomic mass is 16.2. The van der Waals surface area contributed by atoms with Gasteiger partial charge in [0.05, 0.1) is 5.41 Å². The molecule has 0 aliphatic carbocycles. The van der Waals surface area contributed by atoms with Crippen molar-refractivity contribution < 1.29 is 4.79 Å². The van der Waals surface area contributed by atoms with E-state index in [2.05, 4.69) is 59.0 Å². The van der Waals surface area contributed by atoms with Crippen molar-refractivity contribution in [2.24, 2.45) is 0 Å². The van der Waals surface area contributed by atoms with E-state index in [4.69, 9.17) is 0 Å². The van der Waals surface area contributed by atoms with E-state index in [1.165, 1.54) is 11.1 Å². The zero-order chi connectivity index (χ0) is 15.5. The van der Waals surface area contributed by atoms with Gasteiger partial charge in [0.2, 0.25) is 5.91 Å². The Morgan fingerprint density at radius 3 is 1.95 bits per heavy atom. The topological polar surface area (TPSA) is 29.1 Å². The van der Waals surface area contributed by atoms with Gasteiger partial charge in [0.1, 0.15) is 0 Å². The average molecular weight is 273 g/mol. The number of benzene rings is 1. The highest BCUT2D eigenvalue weighted by Crippen LogP contribution is 2.45. The highest BCUT2D eigenvalue weighted by molar-refractivity contribution is 6.06. The summed E-state index contributed by atoms with van der Waals surface area (Å²) in [5, 5.41) is 3.10. The van der Waals surface area contributed by atoms with Gasteiger partial charge in [0.25, 0.3) is 0 Å². The SMILES string of the molecule is CC(C)(C)c1cc(C(C)(C)C)c2c(c1)C(C)(C)C(=O)N2. The lowest BCUT2D eigenvalue weighted by molar-refractivity contribution is -0.119. The van der Waals surface area contributed by atoms with Crippen molar-refractivity contribution in [3.8, 4) is 0 Å². The molecule has 20 heavy (non-hydrogen) atoms. The molecule has 1 aromatic rings. The predicted octanol–water partition coefficient (Wildman–Crippen LogP) is 4.51. The number of amides is 1. The molecule has 1 aliphatic heterocycles. The molecular weight excluding hydrogens is 246 g/mol. The summed E-state index contributed by atoms with van der Waals surface area (Å²) in [5.41, 5.74) is 4.34. The smallest absolute Gasteiger partial charge is 0.234 e. The van der Waals surface area contributed by atoms with Crippen molar-refractivity contribution in [1.82, 2.24) is 0 Å². The quantitative estimate of drug-likeness (QED) is 0.740. The van der Waals surface area contributed by atoms with Crippen molar-refractivity contribution in [2.75, 3.05) is 5.32 Å². The van der Waals surface area contributed by atoms with Crippen LogP contribution in [0.4, 0.5) is 5.69 Å². The van der Waals surface area contributed by atoms with E-state index in [-0.39, 0.29) is 16.7 Å². The molecule has 1 heterocycles. The Labute approximate surface area is 123 Å². The summed E-state index contributed by atoms with van der Waals surface area (Å²) in [4.78, 5) is 12.3. The number of carbonyl (C=O) groups is 1. The summed E-state index contributed by atoms with van der Waals surface area (Å²) < 4.78 is 0. The average Bonchev–Trinajstić information content (AvgIpc) is 2.46. The van der Waals surface area contributed by atoms with Crippen molar-refractivity contribution in [2.45, 2.75) is 71.6 Å². The van der Waals surface area contributed by atoms with Crippen LogP contribution in [0.15, 0.2) is 12.1 Å². The summed E-state index contributed by atoms with van der Waals surface area (Å²) in [7, 11) is 0. The van der Waals surface area contributed by atoms with Gasteiger partial charge in [-0.2, -0.15) is 0 Å². The molecule has 2 rings (SSSR count). The molecule has 0 unspecified atom stereocenters. The second-order valence-corrected chi connectivity index (χ2v) is 8.53. The molecule has 1 amide bonds. The van der Waals surface area contributed by atoms with Crippen molar-refractivity contribution in [3.63, 3.8) is 0 Å². The minimum atomic E-state index is -0.448. The van der Waals surface area contributed by atoms with Crippen LogP contribution in [0.1, 0.15) is 72.1 Å². The van der Waals surface area contributed by atoms with Crippen LogP contribution in [0.5, 0.6) is 0 Å². The number of carbonyl (C=O) groups excluding carboxylic acids is 1. The summed E-state index contributed by atoms with van der Waals surface area (Å²) in [6.07, 6.45) is 0. The largest absolute Gasteiger partial charge is 0.325 e. The van der Waals surface area contributed by atoms with Crippen LogP contribution >= 0.6 is 0 Å². The van der Waals surface area contributed by atoms with Gasteiger partial charge in [0, 0.05) is 5.69 Å². The van der Waals surface area contributed by atoms with Gasteiger partial charge in [-0.25, -0.2) is 0 Å². The van der Waals surface area contributed by atoms with Crippen molar-refractivity contribution in [3.05, 3.63) is 28.8 Å². The number of rotatable bonds is 0. The Balaban J connectivity index is 2.79. The van der Waals surface area contributed by atoms with E-state index in [9.17, 15) is 4.79 Å². The molecule has 0 bridgehead atoms. The Morgan fingerprint density at radius 2 is 1.50 bits per heavy atom. The molecule has 0 spiro atoms. The molecular formula is C18H27NO. The van der Waals surface area contributed by atoms with E-state index >= 15 is 0 Å². The lowest BCUT2D eigenvalue weighted by atomic mass is 9.75. The Kier molecular flexibility index (Phi) is 3.09. The molecule has 1 aliphatic rings. The number of anilines is 1. The molecule has 0 atom stereocenters. The maximum Gasteiger partial charge on any atom is 0.234 e. The Hall–Kier alpha value is -1.31. The van der Waals surface area contributed by atoms with Crippen LogP contribution < -0.4 is 5.32 Å². The lowest BCUT2D eigenvalue weighted by Gasteiger charge is -2.28. The third-order valence-corrected chi connectivity index (χ3v) is 4.29. The normalized spacial score (nSPS) is 17.9. The summed E-state index contributed by atoms with van der Waals surface area (Å²) >= 11 is 0. The van der Waals surface area contributed by atoms with Gasteiger partial charge in [-0.15, -0.1) is 0 Å². The van der Waals surface area contributed by atoms with Crippen molar-refractivity contribution >= 4 is 11.6 Å². The Bertz CT molecular complexity index is 568. The van der Waals surface area contributed by atoms with Gasteiger partial charge in [-0.05, 0) is 41.4 Å². The Morgan fingerprint density at radius 1 is 0.950 bits per heavy atom. The maximum atomic E-state index is 12.3. The first-order valence-electron chi connectivity index (χ1n) is 7.36. The first-order valence-corrected chi connectivity index (χ1v) is 7.36. The molecule has 2 heteroatoms. The van der Waals surface area contributed by atoms with E-state index in [1.807, 2.05) is 13.8 Å². The molecule has 0 radical (unpaired) electrons. The standard InChI is InChI=1S/C18H27NO/c1-16(2,3)11-9-12(17(4,5)6)14-13(10-11)18(7,8)15(20)19-14/h9-10H,1-8H3,(H,19,20). The minimum Gasteiger partial charge on any atom is -0.325 e. The van der Waals surface area contributed by atoms with Gasteiger partial charge in [0.15, 0.2) is 0 Å². The molecule has 0 aromatic heterocycles. The zero-order valence-corrected chi connectivity index (χ0v) is 14.1. The van der Waals surface area contributed by atoms with Crippen LogP contribution in [0.2, 0.25) is 0 Å². The van der Waals surface area contributed by atoms with Crippen molar-refractivity contribution in [1.29, 1.82) is 0 Å². The van der Waals surface area contributed by atoms with Crippen LogP contribution in [-0.2, 0) is 21.0 Å². The van der Waals surface area contributed by atoms with E-state index in [0.29, 0.717) is 0 Å². The fraction of sp³-hybridized carbons (Fsp3) is 0.611. The summed E-state index contributed by atoms with van der Waals surface area (Å²) in [6.45, 7) is 17.3. The number of fused-ring (bicyclic) bond motifs is 1. The first-order chi connectivity index (χ1) is 8.85. The monoisotopic (exact) mass is 273 g/mol. The molecule has 0 saturated carbocycles. The van der Waals surface area contributed by atoms with Gasteiger partial charge in [-0.1, -0.05) is 53.7 Å². The fourth-order valence-electron chi connectivity index (χ4n) is 2.69. The van der Waals surface area contributed by atoms with E-state index in [0.717, 1.165) is 11.3 Å². The molecule has 0 saturated heterocycles. The van der Waals surface area contributed by atoms with Crippen LogP contribution in [0, 0.1) is 0 Å². The van der Waals surface area contributed by atoms with Crippen LogP contribution in [0.3, 0.4) is 0 Å². The molecule has 0 fully saturated rings. The van der Waals surface area contributed by atoms with Gasteiger partial charge < -0.3 is 5.32 Å². The van der Waals surface area contributed by atoms with E-state index < -0.39 is 5.41 Å². The third-order valence-electron chi connectivity index (χ3n) is 4.29. The zero-order valence-electron chi connectivity index (χ0n) is 14.1. The molecule has 110 valence electrons. The molecule has 1 aromatic carbocycles. The second-order valence-electron chi connectivity index (χ2n) is 8.53. The maximum absolute atomic E-state index is 12.3. The van der Waals surface area contributed by atoms with Crippen LogP contribution in [-0.4, -0.2) is 5.91 Å². The highest BCUT2D eigenvalue weighted by Gasteiger charge is 2.41. The first kappa shape index (κ1) is 15.1. The fourth-order valence-corrected chi connectivity index (χ4v) is 2.69. The predicted molar refractivity (Wildman–Crippen MR) is 85.5 cm³/mol. The third kappa shape index (κ3) is 2.25. The van der Waals surface area contributed by atoms with E-state index in [1.54, 1.807) is 0 Å². The number of hydrogen-bond donors (Lipinski definition) is 1. The number of nitrogens with one attached hydrogen (secondary N) is 1.